The number of aromatic nitrogens is 1. The molecule has 2 aromatic rings. The van der Waals surface area contributed by atoms with E-state index in [1.807, 2.05) is 0 Å². The summed E-state index contributed by atoms with van der Waals surface area (Å²) in [7, 11) is 0. The van der Waals surface area contributed by atoms with E-state index in [4.69, 9.17) is 0 Å². The van der Waals surface area contributed by atoms with Gasteiger partial charge in [-0.05, 0) is 44.5 Å². The highest BCUT2D eigenvalue weighted by atomic mass is 19.1. The van der Waals surface area contributed by atoms with Crippen LogP contribution in [0.1, 0.15) is 23.9 Å². The summed E-state index contributed by atoms with van der Waals surface area (Å²) < 4.78 is 28.4. The molecule has 0 atom stereocenters. The topological polar surface area (TPSA) is 17.0 Å². The predicted octanol–water partition coefficient (Wildman–Crippen LogP) is 4.02. The van der Waals surface area contributed by atoms with Crippen molar-refractivity contribution in [3.05, 3.63) is 52.9 Å². The summed E-state index contributed by atoms with van der Waals surface area (Å²) in [6.07, 6.45) is 0. The SMILES string of the molecule is CCn1c(C)cc(CNc2cc(F)cc(F)c2)c1C. The lowest BCUT2D eigenvalue weighted by molar-refractivity contribution is 0.584. The molecule has 0 aliphatic carbocycles. The fraction of sp³-hybridized carbons (Fsp3) is 0.333. The molecule has 2 nitrogen and oxygen atoms in total. The van der Waals surface area contributed by atoms with Crippen LogP contribution in [0.15, 0.2) is 24.3 Å². The van der Waals surface area contributed by atoms with Crippen molar-refractivity contribution in [1.29, 1.82) is 0 Å². The number of nitrogens with zero attached hydrogens (tertiary/aromatic N) is 1. The lowest BCUT2D eigenvalue weighted by atomic mass is 10.2. The number of hydrogen-bond donors (Lipinski definition) is 1. The number of anilines is 1. The fourth-order valence-corrected chi connectivity index (χ4v) is 2.39. The maximum Gasteiger partial charge on any atom is 0.128 e. The molecule has 1 N–H and O–H groups in total. The highest BCUT2D eigenvalue weighted by Crippen LogP contribution is 2.18. The third-order valence-electron chi connectivity index (χ3n) is 3.34. The van der Waals surface area contributed by atoms with Gasteiger partial charge in [-0.25, -0.2) is 8.78 Å². The number of halogens is 2. The molecule has 4 heteroatoms. The van der Waals surface area contributed by atoms with E-state index in [2.05, 4.69) is 36.7 Å². The van der Waals surface area contributed by atoms with Gasteiger partial charge in [0.25, 0.3) is 0 Å². The predicted molar refractivity (Wildman–Crippen MR) is 73.3 cm³/mol. The molecular weight excluding hydrogens is 246 g/mol. The number of aryl methyl sites for hydroxylation is 1. The Hall–Kier alpha value is -1.84. The molecule has 0 aliphatic rings. The van der Waals surface area contributed by atoms with Gasteiger partial charge in [-0.3, -0.25) is 0 Å². The fourth-order valence-electron chi connectivity index (χ4n) is 2.39. The van der Waals surface area contributed by atoms with Crippen LogP contribution in [0.4, 0.5) is 14.5 Å². The number of nitrogens with one attached hydrogen (secondary N) is 1. The second-order valence-corrected chi connectivity index (χ2v) is 4.65. The van der Waals surface area contributed by atoms with Crippen molar-refractivity contribution in [2.45, 2.75) is 33.9 Å². The lowest BCUT2D eigenvalue weighted by Gasteiger charge is -2.08. The first-order valence-corrected chi connectivity index (χ1v) is 6.37. The standard InChI is InChI=1S/C15H18F2N2/c1-4-19-10(2)5-12(11(19)3)9-18-15-7-13(16)6-14(17)8-15/h5-8,18H,4,9H2,1-3H3. The van der Waals surface area contributed by atoms with Crippen LogP contribution in [-0.2, 0) is 13.1 Å². The maximum atomic E-state index is 13.1. The van der Waals surface area contributed by atoms with Crippen LogP contribution in [0.3, 0.4) is 0 Å². The first kappa shape index (κ1) is 13.6. The molecule has 0 fully saturated rings. The van der Waals surface area contributed by atoms with Gasteiger partial charge in [0, 0.05) is 36.2 Å². The largest absolute Gasteiger partial charge is 0.381 e. The lowest BCUT2D eigenvalue weighted by Crippen LogP contribution is -2.03. The zero-order chi connectivity index (χ0) is 14.0. The molecule has 19 heavy (non-hydrogen) atoms. The molecular formula is C15H18F2N2. The Morgan fingerprint density at radius 2 is 1.68 bits per heavy atom. The van der Waals surface area contributed by atoms with Crippen LogP contribution in [0, 0.1) is 25.5 Å². The summed E-state index contributed by atoms with van der Waals surface area (Å²) in [4.78, 5) is 0. The Labute approximate surface area is 112 Å². The summed E-state index contributed by atoms with van der Waals surface area (Å²) in [5.74, 6) is -1.14. The van der Waals surface area contributed by atoms with Crippen molar-refractivity contribution >= 4 is 5.69 Å². The number of hydrogen-bond acceptors (Lipinski definition) is 1. The van der Waals surface area contributed by atoms with E-state index in [1.165, 1.54) is 23.5 Å². The molecule has 0 unspecified atom stereocenters. The van der Waals surface area contributed by atoms with Gasteiger partial charge >= 0.3 is 0 Å². The molecule has 0 saturated heterocycles. The van der Waals surface area contributed by atoms with Crippen LogP contribution in [0.5, 0.6) is 0 Å². The first-order valence-electron chi connectivity index (χ1n) is 6.37. The van der Waals surface area contributed by atoms with E-state index in [-0.39, 0.29) is 0 Å². The highest BCUT2D eigenvalue weighted by molar-refractivity contribution is 5.45. The normalized spacial score (nSPS) is 10.8. The maximum absolute atomic E-state index is 13.1. The Kier molecular flexibility index (Phi) is 3.88. The van der Waals surface area contributed by atoms with Crippen LogP contribution in [-0.4, -0.2) is 4.57 Å². The molecule has 0 saturated carbocycles. The van der Waals surface area contributed by atoms with Gasteiger partial charge in [0.2, 0.25) is 0 Å². The molecule has 0 radical (unpaired) electrons. The molecule has 1 aromatic heterocycles. The summed E-state index contributed by atoms with van der Waals surface area (Å²) in [5, 5.41) is 3.05. The average Bonchev–Trinajstić information content (AvgIpc) is 2.60. The minimum Gasteiger partial charge on any atom is -0.381 e. The van der Waals surface area contributed by atoms with E-state index in [0.717, 1.165) is 18.2 Å². The van der Waals surface area contributed by atoms with Gasteiger partial charge < -0.3 is 9.88 Å². The highest BCUT2D eigenvalue weighted by Gasteiger charge is 2.08. The zero-order valence-electron chi connectivity index (χ0n) is 11.4. The van der Waals surface area contributed by atoms with E-state index >= 15 is 0 Å². The molecule has 1 aromatic carbocycles. The summed E-state index contributed by atoms with van der Waals surface area (Å²) >= 11 is 0. The Balaban J connectivity index is 2.14. The Bertz CT molecular complexity index is 568. The van der Waals surface area contributed by atoms with E-state index < -0.39 is 11.6 Å². The zero-order valence-corrected chi connectivity index (χ0v) is 11.4. The number of rotatable bonds is 4. The summed E-state index contributed by atoms with van der Waals surface area (Å²) in [6.45, 7) is 7.69. The van der Waals surface area contributed by atoms with Crippen molar-refractivity contribution in [1.82, 2.24) is 4.57 Å². The first-order chi connectivity index (χ1) is 9.01. The molecule has 0 bridgehead atoms. The molecule has 0 spiro atoms. The third kappa shape index (κ3) is 2.95. The Morgan fingerprint density at radius 1 is 1.05 bits per heavy atom. The second-order valence-electron chi connectivity index (χ2n) is 4.65. The average molecular weight is 264 g/mol. The minimum absolute atomic E-state index is 0.457. The van der Waals surface area contributed by atoms with Crippen LogP contribution in [0.2, 0.25) is 0 Å². The Morgan fingerprint density at radius 3 is 2.21 bits per heavy atom. The second kappa shape index (κ2) is 5.43. The smallest absolute Gasteiger partial charge is 0.128 e. The molecule has 0 amide bonds. The molecule has 0 aliphatic heterocycles. The van der Waals surface area contributed by atoms with Crippen molar-refractivity contribution < 1.29 is 8.78 Å². The minimum atomic E-state index is -0.568. The quantitative estimate of drug-likeness (QED) is 0.882. The van der Waals surface area contributed by atoms with E-state index in [9.17, 15) is 8.78 Å². The molecule has 2 rings (SSSR count). The van der Waals surface area contributed by atoms with Crippen molar-refractivity contribution in [2.24, 2.45) is 0 Å². The van der Waals surface area contributed by atoms with Gasteiger partial charge in [0.15, 0.2) is 0 Å². The van der Waals surface area contributed by atoms with E-state index in [1.54, 1.807) is 0 Å². The van der Waals surface area contributed by atoms with Crippen molar-refractivity contribution in [2.75, 3.05) is 5.32 Å². The van der Waals surface area contributed by atoms with Crippen molar-refractivity contribution in [3.8, 4) is 0 Å². The van der Waals surface area contributed by atoms with Gasteiger partial charge in [-0.1, -0.05) is 0 Å². The molecule has 102 valence electrons. The van der Waals surface area contributed by atoms with Gasteiger partial charge in [-0.15, -0.1) is 0 Å². The van der Waals surface area contributed by atoms with Crippen LogP contribution in [0.25, 0.3) is 0 Å². The summed E-state index contributed by atoms with van der Waals surface area (Å²) in [6, 6.07) is 5.56. The van der Waals surface area contributed by atoms with Crippen molar-refractivity contribution in [3.63, 3.8) is 0 Å². The monoisotopic (exact) mass is 264 g/mol. The van der Waals surface area contributed by atoms with E-state index in [0.29, 0.717) is 12.2 Å². The van der Waals surface area contributed by atoms with Gasteiger partial charge in [0.05, 0.1) is 0 Å². The van der Waals surface area contributed by atoms with Gasteiger partial charge in [-0.2, -0.15) is 0 Å². The third-order valence-corrected chi connectivity index (χ3v) is 3.34. The van der Waals surface area contributed by atoms with Crippen LogP contribution >= 0.6 is 0 Å². The van der Waals surface area contributed by atoms with Gasteiger partial charge in [0.1, 0.15) is 11.6 Å². The summed E-state index contributed by atoms with van der Waals surface area (Å²) in [5.41, 5.74) is 3.98. The number of benzene rings is 1. The molecule has 1 heterocycles. The van der Waals surface area contributed by atoms with Crippen LogP contribution < -0.4 is 5.32 Å².